The molecule has 0 spiro atoms. The maximum absolute atomic E-state index is 15.2. The molecule has 1 fully saturated rings. The van der Waals surface area contributed by atoms with Crippen LogP contribution in [0.5, 0.6) is 0 Å². The van der Waals surface area contributed by atoms with Gasteiger partial charge in [-0.2, -0.15) is 5.26 Å². The maximum Gasteiger partial charge on any atom is 0.232 e. The molecule has 1 aliphatic heterocycles. The van der Waals surface area contributed by atoms with E-state index in [1.807, 2.05) is 109 Å². The highest BCUT2D eigenvalue weighted by molar-refractivity contribution is 7.59. The molecule has 0 aromatic heterocycles. The van der Waals surface area contributed by atoms with Gasteiger partial charge in [0.1, 0.15) is 11.9 Å². The summed E-state index contributed by atoms with van der Waals surface area (Å²) in [5.41, 5.74) is 3.19. The number of benzene rings is 4. The number of nitriles is 1. The van der Waals surface area contributed by atoms with Crippen molar-refractivity contribution in [1.82, 2.24) is 5.32 Å². The zero-order valence-corrected chi connectivity index (χ0v) is 20.2. The third-order valence-electron chi connectivity index (χ3n) is 6.58. The summed E-state index contributed by atoms with van der Waals surface area (Å²) in [6.45, 7) is 0. The van der Waals surface area contributed by atoms with Gasteiger partial charge in [0.2, 0.25) is 7.37 Å². The van der Waals surface area contributed by atoms with Gasteiger partial charge in [0.25, 0.3) is 0 Å². The SMILES string of the molecule is N#CCC(c1ccccc1)[P@]1(=O)O[C@H](c2ccccc2)[C@H](c2ccccc2)N[C@@H]1c1ccccc1. The second kappa shape index (κ2) is 10.4. The lowest BCUT2D eigenvalue weighted by molar-refractivity contribution is 0.119. The molecule has 1 N–H and O–H groups in total. The normalized spacial score (nSPS) is 24.8. The standard InChI is InChI=1S/C30H27N2O2P/c31-22-21-27(23-13-5-1-6-14-23)35(33)30(26-19-11-4-12-20-26)32-28(24-15-7-2-8-16-24)29(34-35)25-17-9-3-10-18-25/h1-20,27-30,32H,21H2/t27?,28-,29+,30-,35-/m0/s1. The van der Waals surface area contributed by atoms with E-state index in [1.54, 1.807) is 0 Å². The van der Waals surface area contributed by atoms with Gasteiger partial charge in [-0.3, -0.25) is 9.88 Å². The largest absolute Gasteiger partial charge is 0.317 e. The molecule has 4 aromatic carbocycles. The van der Waals surface area contributed by atoms with Crippen molar-refractivity contribution >= 4 is 7.37 Å². The van der Waals surface area contributed by atoms with Gasteiger partial charge < -0.3 is 4.52 Å². The van der Waals surface area contributed by atoms with Crippen molar-refractivity contribution in [3.63, 3.8) is 0 Å². The minimum atomic E-state index is -3.51. The van der Waals surface area contributed by atoms with Crippen LogP contribution in [0.4, 0.5) is 0 Å². The minimum Gasteiger partial charge on any atom is -0.317 e. The van der Waals surface area contributed by atoms with E-state index in [0.29, 0.717) is 0 Å². The van der Waals surface area contributed by atoms with E-state index in [2.05, 4.69) is 23.5 Å². The zero-order chi connectivity index (χ0) is 24.1. The van der Waals surface area contributed by atoms with Gasteiger partial charge in [-0.25, -0.2) is 0 Å². The Bertz CT molecular complexity index is 1320. The van der Waals surface area contributed by atoms with E-state index in [4.69, 9.17) is 4.52 Å². The minimum absolute atomic E-state index is 0.101. The molecule has 0 saturated carbocycles. The van der Waals surface area contributed by atoms with Crippen LogP contribution < -0.4 is 5.32 Å². The zero-order valence-electron chi connectivity index (χ0n) is 19.3. The number of hydrogen-bond donors (Lipinski definition) is 1. The molecular formula is C30H27N2O2P. The Morgan fingerprint density at radius 3 is 1.77 bits per heavy atom. The smallest absolute Gasteiger partial charge is 0.232 e. The molecule has 0 amide bonds. The summed E-state index contributed by atoms with van der Waals surface area (Å²) in [6.07, 6.45) is -0.376. The Balaban J connectivity index is 1.68. The van der Waals surface area contributed by atoms with Gasteiger partial charge in [0.05, 0.1) is 24.2 Å². The molecule has 35 heavy (non-hydrogen) atoms. The Hall–Kier alpha value is -3.48. The predicted molar refractivity (Wildman–Crippen MR) is 139 cm³/mol. The summed E-state index contributed by atoms with van der Waals surface area (Å²) < 4.78 is 22.0. The van der Waals surface area contributed by atoms with E-state index in [9.17, 15) is 5.26 Å². The van der Waals surface area contributed by atoms with Crippen molar-refractivity contribution in [2.75, 3.05) is 0 Å². The molecule has 5 heteroatoms. The van der Waals surface area contributed by atoms with Crippen LogP contribution in [-0.2, 0) is 9.09 Å². The van der Waals surface area contributed by atoms with E-state index < -0.39 is 24.9 Å². The molecule has 1 aliphatic rings. The molecule has 0 aliphatic carbocycles. The highest BCUT2D eigenvalue weighted by atomic mass is 31.2. The fourth-order valence-corrected chi connectivity index (χ4v) is 8.00. The second-order valence-corrected chi connectivity index (χ2v) is 11.4. The summed E-state index contributed by atoms with van der Waals surface area (Å²) in [7, 11) is -3.51. The van der Waals surface area contributed by atoms with Crippen LogP contribution in [-0.4, -0.2) is 0 Å². The van der Waals surface area contributed by atoms with Gasteiger partial charge in [0.15, 0.2) is 0 Å². The maximum atomic E-state index is 15.2. The van der Waals surface area contributed by atoms with Crippen molar-refractivity contribution in [3.05, 3.63) is 144 Å². The third-order valence-corrected chi connectivity index (χ3v) is 9.66. The lowest BCUT2D eigenvalue weighted by Crippen LogP contribution is -2.38. The monoisotopic (exact) mass is 478 g/mol. The van der Waals surface area contributed by atoms with Crippen molar-refractivity contribution < 1.29 is 9.09 Å². The molecule has 174 valence electrons. The van der Waals surface area contributed by atoms with Gasteiger partial charge in [-0.1, -0.05) is 121 Å². The number of nitrogens with one attached hydrogen (secondary N) is 1. The molecule has 0 bridgehead atoms. The number of hydrogen-bond acceptors (Lipinski definition) is 4. The summed E-state index contributed by atoms with van der Waals surface area (Å²) in [5.74, 6) is -0.563. The Labute approximate surface area is 206 Å². The number of rotatable bonds is 6. The Kier molecular flexibility index (Phi) is 6.93. The molecule has 4 aromatic rings. The van der Waals surface area contributed by atoms with Crippen LogP contribution in [0.25, 0.3) is 0 Å². The van der Waals surface area contributed by atoms with E-state index in [-0.39, 0.29) is 12.5 Å². The van der Waals surface area contributed by atoms with Crippen LogP contribution in [0, 0.1) is 11.3 Å². The topological polar surface area (TPSA) is 62.1 Å². The van der Waals surface area contributed by atoms with E-state index in [0.717, 1.165) is 22.3 Å². The van der Waals surface area contributed by atoms with Crippen molar-refractivity contribution in [2.24, 2.45) is 0 Å². The van der Waals surface area contributed by atoms with Gasteiger partial charge in [-0.15, -0.1) is 0 Å². The molecule has 5 rings (SSSR count). The van der Waals surface area contributed by atoms with Crippen molar-refractivity contribution in [1.29, 1.82) is 5.26 Å². The molecule has 5 atom stereocenters. The van der Waals surface area contributed by atoms with Gasteiger partial charge in [0, 0.05) is 0 Å². The first-order chi connectivity index (χ1) is 17.2. The summed E-state index contributed by atoms with van der Waals surface area (Å²) in [4.78, 5) is 0. The summed E-state index contributed by atoms with van der Waals surface area (Å²) in [5, 5.41) is 13.5. The second-order valence-electron chi connectivity index (χ2n) is 8.74. The Morgan fingerprint density at radius 1 is 0.743 bits per heavy atom. The van der Waals surface area contributed by atoms with Crippen LogP contribution in [0.3, 0.4) is 0 Å². The van der Waals surface area contributed by atoms with Crippen LogP contribution in [0.2, 0.25) is 0 Å². The fraction of sp³-hybridized carbons (Fsp3) is 0.167. The number of nitrogens with zero attached hydrogens (tertiary/aromatic N) is 1. The van der Waals surface area contributed by atoms with E-state index in [1.165, 1.54) is 0 Å². The summed E-state index contributed by atoms with van der Waals surface area (Å²) >= 11 is 0. The van der Waals surface area contributed by atoms with Crippen molar-refractivity contribution in [2.45, 2.75) is 30.0 Å². The first-order valence-corrected chi connectivity index (χ1v) is 13.6. The average Bonchev–Trinajstić information content (AvgIpc) is 2.93. The van der Waals surface area contributed by atoms with E-state index >= 15 is 4.57 Å². The molecule has 0 radical (unpaired) electrons. The Morgan fingerprint density at radius 2 is 1.23 bits per heavy atom. The van der Waals surface area contributed by atoms with Gasteiger partial charge >= 0.3 is 0 Å². The third kappa shape index (κ3) is 4.72. The highest BCUT2D eigenvalue weighted by Crippen LogP contribution is 2.74. The quantitative estimate of drug-likeness (QED) is 0.288. The first-order valence-electron chi connectivity index (χ1n) is 11.8. The first kappa shape index (κ1) is 23.3. The highest BCUT2D eigenvalue weighted by Gasteiger charge is 2.51. The molecule has 4 nitrogen and oxygen atoms in total. The predicted octanol–water partition coefficient (Wildman–Crippen LogP) is 7.72. The lowest BCUT2D eigenvalue weighted by Gasteiger charge is -2.45. The molecule has 1 heterocycles. The molecule has 1 saturated heterocycles. The lowest BCUT2D eigenvalue weighted by atomic mass is 9.95. The average molecular weight is 479 g/mol. The van der Waals surface area contributed by atoms with Gasteiger partial charge in [-0.05, 0) is 22.3 Å². The van der Waals surface area contributed by atoms with Crippen LogP contribution in [0.1, 0.15) is 52.3 Å². The van der Waals surface area contributed by atoms with Crippen molar-refractivity contribution in [3.8, 4) is 6.07 Å². The fourth-order valence-electron chi connectivity index (χ4n) is 4.90. The molecule has 1 unspecified atom stereocenters. The molecular weight excluding hydrogens is 451 g/mol. The van der Waals surface area contributed by atoms with Crippen LogP contribution >= 0.6 is 7.37 Å². The van der Waals surface area contributed by atoms with Crippen LogP contribution in [0.15, 0.2) is 121 Å². The summed E-state index contributed by atoms with van der Waals surface area (Å²) in [6, 6.07) is 41.6.